The third-order valence-electron chi connectivity index (χ3n) is 2.89. The molecule has 0 aliphatic rings. The fourth-order valence-electron chi connectivity index (χ4n) is 1.75. The maximum absolute atomic E-state index is 11.8. The fourth-order valence-corrected chi connectivity index (χ4v) is 2.92. The monoisotopic (exact) mass is 440 g/mol. The summed E-state index contributed by atoms with van der Waals surface area (Å²) in [5.74, 6) is 0.275. The Hall–Kier alpha value is -1.86. The van der Waals surface area contributed by atoms with E-state index in [4.69, 9.17) is 4.74 Å². The summed E-state index contributed by atoms with van der Waals surface area (Å²) in [4.78, 5) is 11.8. The molecule has 0 saturated heterocycles. The molecule has 0 atom stereocenters. The van der Waals surface area contributed by atoms with Gasteiger partial charge in [0.1, 0.15) is 11.5 Å². The lowest BCUT2D eigenvalue weighted by Crippen LogP contribution is -2.25. The minimum Gasteiger partial charge on any atom is -0.507 e. The number of rotatable bonds is 5. The number of carbonyl (C=O) groups excluding carboxylic acids is 1. The van der Waals surface area contributed by atoms with Crippen LogP contribution in [0.4, 0.5) is 0 Å². The number of nitrogens with zero attached hydrogens (tertiary/aromatic N) is 1. The topological polar surface area (TPSA) is 70.9 Å². The van der Waals surface area contributed by atoms with E-state index in [0.29, 0.717) is 17.0 Å². The van der Waals surface area contributed by atoms with E-state index in [1.165, 1.54) is 0 Å². The summed E-state index contributed by atoms with van der Waals surface area (Å²) in [6, 6.07) is 12.2. The van der Waals surface area contributed by atoms with Crippen molar-refractivity contribution < 1.29 is 14.6 Å². The highest BCUT2D eigenvalue weighted by molar-refractivity contribution is 9.11. The van der Waals surface area contributed by atoms with E-state index in [2.05, 4.69) is 42.4 Å². The van der Waals surface area contributed by atoms with Crippen LogP contribution < -0.4 is 10.2 Å². The lowest BCUT2D eigenvalue weighted by atomic mass is 10.1. The third-order valence-corrected chi connectivity index (χ3v) is 4.01. The summed E-state index contributed by atoms with van der Waals surface area (Å²) in [5.41, 5.74) is 3.46. The number of para-hydroxylation sites is 1. The van der Waals surface area contributed by atoms with Crippen LogP contribution in [0.3, 0.4) is 0 Å². The van der Waals surface area contributed by atoms with Crippen molar-refractivity contribution in [3.05, 3.63) is 57.0 Å². The number of halogens is 2. The zero-order valence-electron chi connectivity index (χ0n) is 12.2. The highest BCUT2D eigenvalue weighted by atomic mass is 79.9. The average molecular weight is 442 g/mol. The van der Waals surface area contributed by atoms with Crippen molar-refractivity contribution in [2.45, 2.75) is 6.92 Å². The molecule has 2 aromatic carbocycles. The molecule has 0 radical (unpaired) electrons. The molecule has 1 amide bonds. The van der Waals surface area contributed by atoms with Crippen LogP contribution in [0.1, 0.15) is 12.5 Å². The second-order valence-corrected chi connectivity index (χ2v) is 6.38. The first-order valence-corrected chi connectivity index (χ1v) is 8.25. The molecule has 2 aromatic rings. The molecule has 0 unspecified atom stereocenters. The number of hydrogen-bond donors (Lipinski definition) is 2. The number of ether oxygens (including phenoxy) is 1. The summed E-state index contributed by atoms with van der Waals surface area (Å²) >= 11 is 6.70. The van der Waals surface area contributed by atoms with Gasteiger partial charge in [-0.3, -0.25) is 4.79 Å². The number of carbonyl (C=O) groups is 1. The Kier molecular flexibility index (Phi) is 6.18. The molecular formula is C16H14Br2N2O3. The van der Waals surface area contributed by atoms with Crippen molar-refractivity contribution in [3.8, 4) is 11.5 Å². The normalized spacial score (nSPS) is 11.2. The molecule has 2 rings (SSSR count). The van der Waals surface area contributed by atoms with Gasteiger partial charge in [0.15, 0.2) is 6.61 Å². The number of nitrogens with one attached hydrogen (secondary N) is 1. The molecule has 0 aliphatic carbocycles. The molecule has 0 bridgehead atoms. The van der Waals surface area contributed by atoms with Crippen LogP contribution in [0.15, 0.2) is 56.5 Å². The molecule has 0 heterocycles. The Balaban J connectivity index is 1.92. The van der Waals surface area contributed by atoms with E-state index in [9.17, 15) is 9.90 Å². The largest absolute Gasteiger partial charge is 0.507 e. The Bertz CT molecular complexity index is 748. The number of aromatic hydroxyl groups is 1. The van der Waals surface area contributed by atoms with Gasteiger partial charge in [0.2, 0.25) is 0 Å². The number of amides is 1. The number of benzene rings is 2. The van der Waals surface area contributed by atoms with Gasteiger partial charge in [-0.05, 0) is 53.2 Å². The summed E-state index contributed by atoms with van der Waals surface area (Å²) in [5, 5.41) is 13.7. The summed E-state index contributed by atoms with van der Waals surface area (Å²) in [7, 11) is 0. The predicted molar refractivity (Wildman–Crippen MR) is 95.8 cm³/mol. The Labute approximate surface area is 150 Å². The molecule has 120 valence electrons. The van der Waals surface area contributed by atoms with Crippen molar-refractivity contribution in [1.82, 2.24) is 5.43 Å². The summed E-state index contributed by atoms with van der Waals surface area (Å²) in [6.45, 7) is 1.53. The van der Waals surface area contributed by atoms with E-state index < -0.39 is 5.91 Å². The zero-order chi connectivity index (χ0) is 16.8. The molecule has 5 nitrogen and oxygen atoms in total. The number of hydrogen-bond acceptors (Lipinski definition) is 4. The minimum absolute atomic E-state index is 0.109. The second-order valence-electron chi connectivity index (χ2n) is 4.61. The van der Waals surface area contributed by atoms with Crippen molar-refractivity contribution in [2.75, 3.05) is 6.61 Å². The van der Waals surface area contributed by atoms with Crippen molar-refractivity contribution in [1.29, 1.82) is 0 Å². The third kappa shape index (κ3) is 5.07. The summed E-state index contributed by atoms with van der Waals surface area (Å²) in [6.07, 6.45) is 0. The van der Waals surface area contributed by atoms with Crippen LogP contribution >= 0.6 is 31.9 Å². The van der Waals surface area contributed by atoms with Gasteiger partial charge in [-0.2, -0.15) is 5.10 Å². The first kappa shape index (κ1) is 17.5. The first-order valence-electron chi connectivity index (χ1n) is 6.66. The molecule has 23 heavy (non-hydrogen) atoms. The molecular weight excluding hydrogens is 428 g/mol. The van der Waals surface area contributed by atoms with Gasteiger partial charge in [-0.25, -0.2) is 5.43 Å². The average Bonchev–Trinajstić information content (AvgIpc) is 2.52. The smallest absolute Gasteiger partial charge is 0.277 e. The minimum atomic E-state index is -0.394. The molecule has 0 spiro atoms. The highest BCUT2D eigenvalue weighted by Crippen LogP contribution is 2.28. The van der Waals surface area contributed by atoms with Crippen LogP contribution in [0.2, 0.25) is 0 Å². The van der Waals surface area contributed by atoms with Crippen LogP contribution in [0.5, 0.6) is 11.5 Å². The lowest BCUT2D eigenvalue weighted by Gasteiger charge is -2.08. The van der Waals surface area contributed by atoms with Crippen LogP contribution in [-0.4, -0.2) is 23.3 Å². The maximum atomic E-state index is 11.8. The zero-order valence-corrected chi connectivity index (χ0v) is 15.4. The number of phenols is 1. The predicted octanol–water partition coefficient (Wildman–Crippen LogP) is 3.84. The van der Waals surface area contributed by atoms with Gasteiger partial charge in [0.25, 0.3) is 5.91 Å². The standard InChI is InChI=1S/C16H14Br2N2O3/c1-10(12-4-2-3-5-14(12)21)19-20-16(22)9-23-15-7-6-11(17)8-13(15)18/h2-8,21H,9H2,1H3,(H,20,22). The van der Waals surface area contributed by atoms with E-state index in [-0.39, 0.29) is 12.4 Å². The summed E-state index contributed by atoms with van der Waals surface area (Å²) < 4.78 is 7.07. The van der Waals surface area contributed by atoms with Gasteiger partial charge >= 0.3 is 0 Å². The number of hydrazone groups is 1. The van der Waals surface area contributed by atoms with Crippen molar-refractivity contribution in [3.63, 3.8) is 0 Å². The van der Waals surface area contributed by atoms with E-state index in [0.717, 1.165) is 8.95 Å². The van der Waals surface area contributed by atoms with E-state index >= 15 is 0 Å². The molecule has 7 heteroatoms. The quantitative estimate of drug-likeness (QED) is 0.547. The van der Waals surface area contributed by atoms with Gasteiger partial charge in [0.05, 0.1) is 10.2 Å². The van der Waals surface area contributed by atoms with Gasteiger partial charge in [0, 0.05) is 10.0 Å². The molecule has 0 saturated carbocycles. The Morgan fingerprint density at radius 2 is 2.00 bits per heavy atom. The Morgan fingerprint density at radius 3 is 2.70 bits per heavy atom. The molecule has 2 N–H and O–H groups in total. The SMILES string of the molecule is CC(=NNC(=O)COc1ccc(Br)cc1Br)c1ccccc1O. The molecule has 0 fully saturated rings. The fraction of sp³-hybridized carbons (Fsp3) is 0.125. The first-order chi connectivity index (χ1) is 11.0. The molecule has 0 aliphatic heterocycles. The molecule has 0 aromatic heterocycles. The Morgan fingerprint density at radius 1 is 1.26 bits per heavy atom. The van der Waals surface area contributed by atoms with Gasteiger partial charge < -0.3 is 9.84 Å². The highest BCUT2D eigenvalue weighted by Gasteiger charge is 2.07. The number of phenolic OH excluding ortho intramolecular Hbond substituents is 1. The van der Waals surface area contributed by atoms with E-state index in [1.807, 2.05) is 12.1 Å². The van der Waals surface area contributed by atoms with E-state index in [1.54, 1.807) is 37.3 Å². The van der Waals surface area contributed by atoms with Crippen LogP contribution in [0.25, 0.3) is 0 Å². The lowest BCUT2D eigenvalue weighted by molar-refractivity contribution is -0.123. The van der Waals surface area contributed by atoms with Crippen LogP contribution in [0, 0.1) is 0 Å². The van der Waals surface area contributed by atoms with Crippen molar-refractivity contribution in [2.24, 2.45) is 5.10 Å². The van der Waals surface area contributed by atoms with Gasteiger partial charge in [-0.15, -0.1) is 0 Å². The second kappa shape index (κ2) is 8.12. The maximum Gasteiger partial charge on any atom is 0.277 e. The van der Waals surface area contributed by atoms with Gasteiger partial charge in [-0.1, -0.05) is 28.1 Å². The van der Waals surface area contributed by atoms with Crippen LogP contribution in [-0.2, 0) is 4.79 Å². The van der Waals surface area contributed by atoms with Crippen molar-refractivity contribution >= 4 is 43.5 Å².